The minimum absolute atomic E-state index is 0.00586. The summed E-state index contributed by atoms with van der Waals surface area (Å²) < 4.78 is 0. The number of rotatable bonds is 4. The average molecular weight is 245 g/mol. The lowest BCUT2D eigenvalue weighted by Gasteiger charge is -2.21. The first-order chi connectivity index (χ1) is 7.95. The Morgan fingerprint density at radius 2 is 2.06 bits per heavy atom. The van der Waals surface area contributed by atoms with E-state index in [0.29, 0.717) is 0 Å². The first-order valence-corrected chi connectivity index (χ1v) is 5.12. The summed E-state index contributed by atoms with van der Waals surface area (Å²) in [5, 5.41) is 20.4. The predicted molar refractivity (Wildman–Crippen MR) is 55.8 cm³/mol. The van der Waals surface area contributed by atoms with E-state index in [-0.39, 0.29) is 26.1 Å². The van der Waals surface area contributed by atoms with Gasteiger partial charge in [0.1, 0.15) is 6.04 Å². The summed E-state index contributed by atoms with van der Waals surface area (Å²) in [5.41, 5.74) is 5.04. The number of hydrogen-bond acceptors (Lipinski definition) is 5. The molecule has 1 aliphatic rings. The summed E-state index contributed by atoms with van der Waals surface area (Å²) in [4.78, 5) is 34.3. The Bertz CT molecular complexity index is 333. The first kappa shape index (κ1) is 13.4. The van der Waals surface area contributed by atoms with Gasteiger partial charge in [-0.05, 0) is 0 Å². The number of likely N-dealkylation sites (tertiary alicyclic amines) is 1. The number of amides is 2. The molecule has 5 N–H and O–H groups in total. The average Bonchev–Trinajstić information content (AvgIpc) is 2.67. The van der Waals surface area contributed by atoms with Crippen molar-refractivity contribution in [3.05, 3.63) is 0 Å². The number of nitrogens with one attached hydrogen (secondary N) is 1. The van der Waals surface area contributed by atoms with Crippen LogP contribution < -0.4 is 11.1 Å². The third-order valence-corrected chi connectivity index (χ3v) is 2.51. The van der Waals surface area contributed by atoms with Crippen LogP contribution in [-0.2, 0) is 14.4 Å². The van der Waals surface area contributed by atoms with Crippen LogP contribution in [0.25, 0.3) is 0 Å². The molecule has 1 heterocycles. The molecule has 1 saturated heterocycles. The van der Waals surface area contributed by atoms with Gasteiger partial charge in [-0.1, -0.05) is 0 Å². The van der Waals surface area contributed by atoms with Gasteiger partial charge in [-0.3, -0.25) is 9.59 Å². The van der Waals surface area contributed by atoms with Crippen LogP contribution in [0.5, 0.6) is 0 Å². The number of carbonyl (C=O) groups excluding carboxylic acids is 2. The fourth-order valence-electron chi connectivity index (χ4n) is 1.67. The van der Waals surface area contributed by atoms with Crippen molar-refractivity contribution in [3.8, 4) is 0 Å². The molecule has 1 rings (SSSR count). The number of aliphatic hydroxyl groups is 1. The Morgan fingerprint density at radius 1 is 1.41 bits per heavy atom. The Hall–Kier alpha value is -1.67. The summed E-state index contributed by atoms with van der Waals surface area (Å²) in [7, 11) is 0. The van der Waals surface area contributed by atoms with Crippen molar-refractivity contribution in [3.63, 3.8) is 0 Å². The Balaban J connectivity index is 2.55. The number of carboxylic acid groups (broad SMARTS) is 1. The van der Waals surface area contributed by atoms with Gasteiger partial charge in [-0.15, -0.1) is 0 Å². The normalized spacial score (nSPS) is 23.5. The minimum atomic E-state index is -1.17. The standard InChI is InChI=1S/C9H15N3O5/c10-2-7(14)11-3-8(15)12-4-5(13)1-6(12)9(16)17/h5-6,13H,1-4,10H2,(H,11,14)(H,16,17)/t5-,6-/m1/s1. The molecule has 1 aliphatic heterocycles. The quantitative estimate of drug-likeness (QED) is 0.420. The van der Waals surface area contributed by atoms with E-state index >= 15 is 0 Å². The fourth-order valence-corrected chi connectivity index (χ4v) is 1.67. The summed E-state index contributed by atoms with van der Waals surface area (Å²) >= 11 is 0. The van der Waals surface area contributed by atoms with E-state index in [2.05, 4.69) is 5.32 Å². The van der Waals surface area contributed by atoms with Crippen LogP contribution in [0, 0.1) is 0 Å². The number of carbonyl (C=O) groups is 3. The van der Waals surface area contributed by atoms with Gasteiger partial charge < -0.3 is 26.2 Å². The van der Waals surface area contributed by atoms with E-state index in [1.807, 2.05) is 0 Å². The van der Waals surface area contributed by atoms with Crippen molar-refractivity contribution in [2.45, 2.75) is 18.6 Å². The topological polar surface area (TPSA) is 133 Å². The molecule has 96 valence electrons. The van der Waals surface area contributed by atoms with E-state index in [4.69, 9.17) is 10.8 Å². The van der Waals surface area contributed by atoms with Crippen LogP contribution >= 0.6 is 0 Å². The van der Waals surface area contributed by atoms with E-state index in [1.165, 1.54) is 0 Å². The number of nitrogens with two attached hydrogens (primary N) is 1. The van der Waals surface area contributed by atoms with Crippen LogP contribution in [0.1, 0.15) is 6.42 Å². The molecule has 0 aliphatic carbocycles. The second-order valence-corrected chi connectivity index (χ2v) is 3.77. The number of aliphatic hydroxyl groups excluding tert-OH is 1. The van der Waals surface area contributed by atoms with Crippen LogP contribution in [0.4, 0.5) is 0 Å². The van der Waals surface area contributed by atoms with E-state index in [9.17, 15) is 19.5 Å². The lowest BCUT2D eigenvalue weighted by Crippen LogP contribution is -2.46. The number of nitrogens with zero attached hydrogens (tertiary/aromatic N) is 1. The molecule has 0 aromatic heterocycles. The maximum absolute atomic E-state index is 11.6. The molecule has 0 aromatic carbocycles. The second-order valence-electron chi connectivity index (χ2n) is 3.77. The second kappa shape index (κ2) is 5.60. The number of carboxylic acids is 1. The van der Waals surface area contributed by atoms with Crippen LogP contribution in [0.2, 0.25) is 0 Å². The minimum Gasteiger partial charge on any atom is -0.480 e. The lowest BCUT2D eigenvalue weighted by atomic mass is 10.2. The molecule has 0 bridgehead atoms. The molecule has 17 heavy (non-hydrogen) atoms. The van der Waals surface area contributed by atoms with E-state index in [1.54, 1.807) is 0 Å². The van der Waals surface area contributed by atoms with Crippen molar-refractivity contribution in [2.75, 3.05) is 19.6 Å². The van der Waals surface area contributed by atoms with E-state index in [0.717, 1.165) is 4.90 Å². The van der Waals surface area contributed by atoms with Gasteiger partial charge in [0.2, 0.25) is 11.8 Å². The zero-order chi connectivity index (χ0) is 13.0. The number of β-amino-alcohol motifs (C(OH)–C–C–N with tert-alkyl or cyclic N) is 1. The molecule has 0 unspecified atom stereocenters. The van der Waals surface area contributed by atoms with Crippen molar-refractivity contribution >= 4 is 17.8 Å². The number of aliphatic carboxylic acids is 1. The maximum Gasteiger partial charge on any atom is 0.326 e. The van der Waals surface area contributed by atoms with Crippen molar-refractivity contribution in [1.29, 1.82) is 0 Å². The van der Waals surface area contributed by atoms with Gasteiger partial charge in [-0.25, -0.2) is 4.79 Å². The monoisotopic (exact) mass is 245 g/mol. The highest BCUT2D eigenvalue weighted by atomic mass is 16.4. The first-order valence-electron chi connectivity index (χ1n) is 5.12. The predicted octanol–water partition coefficient (Wildman–Crippen LogP) is -2.89. The molecule has 2 amide bonds. The SMILES string of the molecule is NCC(=O)NCC(=O)N1C[C@H](O)C[C@@H]1C(=O)O. The third-order valence-electron chi connectivity index (χ3n) is 2.51. The zero-order valence-electron chi connectivity index (χ0n) is 9.13. The zero-order valence-corrected chi connectivity index (χ0v) is 9.13. The van der Waals surface area contributed by atoms with Gasteiger partial charge in [0, 0.05) is 13.0 Å². The molecule has 8 heteroatoms. The van der Waals surface area contributed by atoms with Gasteiger partial charge in [-0.2, -0.15) is 0 Å². The molecular formula is C9H15N3O5. The summed E-state index contributed by atoms with van der Waals surface area (Å²) in [6, 6.07) is -1.03. The summed E-state index contributed by atoms with van der Waals surface area (Å²) in [6.07, 6.45) is -0.836. The molecular weight excluding hydrogens is 230 g/mol. The van der Waals surface area contributed by atoms with Gasteiger partial charge in [0.05, 0.1) is 19.2 Å². The fraction of sp³-hybridized carbons (Fsp3) is 0.667. The molecule has 0 aromatic rings. The highest BCUT2D eigenvalue weighted by Crippen LogP contribution is 2.17. The van der Waals surface area contributed by atoms with Crippen molar-refractivity contribution in [1.82, 2.24) is 10.2 Å². The Kier molecular flexibility index (Phi) is 4.41. The van der Waals surface area contributed by atoms with Crippen LogP contribution in [0.3, 0.4) is 0 Å². The highest BCUT2D eigenvalue weighted by Gasteiger charge is 2.38. The third kappa shape index (κ3) is 3.40. The van der Waals surface area contributed by atoms with Crippen LogP contribution in [0.15, 0.2) is 0 Å². The van der Waals surface area contributed by atoms with Gasteiger partial charge in [0.15, 0.2) is 0 Å². The van der Waals surface area contributed by atoms with Gasteiger partial charge in [0.25, 0.3) is 0 Å². The lowest BCUT2D eigenvalue weighted by molar-refractivity contribution is -0.148. The molecule has 0 spiro atoms. The molecule has 2 atom stereocenters. The molecule has 0 saturated carbocycles. The molecule has 8 nitrogen and oxygen atoms in total. The highest BCUT2D eigenvalue weighted by molar-refractivity contribution is 5.88. The van der Waals surface area contributed by atoms with Crippen LogP contribution in [-0.4, -0.2) is 64.7 Å². The summed E-state index contributed by atoms with van der Waals surface area (Å²) in [5.74, 6) is -2.21. The summed E-state index contributed by atoms with van der Waals surface area (Å²) in [6.45, 7) is -0.584. The van der Waals surface area contributed by atoms with E-state index < -0.39 is 29.9 Å². The smallest absolute Gasteiger partial charge is 0.326 e. The van der Waals surface area contributed by atoms with Gasteiger partial charge >= 0.3 is 5.97 Å². The Labute approximate surface area is 97.4 Å². The Morgan fingerprint density at radius 3 is 2.59 bits per heavy atom. The molecule has 0 radical (unpaired) electrons. The number of hydrogen-bond donors (Lipinski definition) is 4. The van der Waals surface area contributed by atoms with Crippen molar-refractivity contribution < 1.29 is 24.6 Å². The molecule has 1 fully saturated rings. The van der Waals surface area contributed by atoms with Crippen molar-refractivity contribution in [2.24, 2.45) is 5.73 Å². The maximum atomic E-state index is 11.6. The largest absolute Gasteiger partial charge is 0.480 e.